The van der Waals surface area contributed by atoms with E-state index in [1.807, 2.05) is 0 Å². The van der Waals surface area contributed by atoms with E-state index in [1.54, 1.807) is 0 Å². The van der Waals surface area contributed by atoms with Crippen LogP contribution in [0.4, 0.5) is 34.5 Å². The number of aryl methyl sites for hydroxylation is 4. The topological polar surface area (TPSA) is 7.76 Å². The molecule has 2 aromatic heterocycles. The van der Waals surface area contributed by atoms with Crippen LogP contribution in [0.15, 0.2) is 49.1 Å². The molecule has 208 valence electrons. The molecule has 0 saturated heterocycles. The Hall–Kier alpha value is -2.13. The van der Waals surface area contributed by atoms with Gasteiger partial charge >= 0.3 is 14.5 Å². The zero-order chi connectivity index (χ0) is 28.0. The van der Waals surface area contributed by atoms with Crippen LogP contribution in [0, 0.1) is 13.8 Å². The van der Waals surface area contributed by atoms with E-state index in [0.717, 1.165) is 6.54 Å². The highest BCUT2D eigenvalue weighted by Crippen LogP contribution is 2.07. The van der Waals surface area contributed by atoms with Gasteiger partial charge in [-0.2, -0.15) is 0 Å². The number of halogens is 8. The maximum absolute atomic E-state index is 9.75. The first-order valence-electron chi connectivity index (χ1n) is 12.3. The van der Waals surface area contributed by atoms with Crippen molar-refractivity contribution < 1.29 is 43.7 Å². The zero-order valence-corrected chi connectivity index (χ0v) is 21.8. The van der Waals surface area contributed by atoms with Crippen molar-refractivity contribution in [1.29, 1.82) is 0 Å². The summed E-state index contributed by atoms with van der Waals surface area (Å²) in [6.07, 6.45) is 19.5. The van der Waals surface area contributed by atoms with Gasteiger partial charge in [0.1, 0.15) is 13.1 Å². The molecule has 2 rings (SSSR count). The first-order valence-corrected chi connectivity index (χ1v) is 12.3. The normalized spacial score (nSPS) is 10.8. The number of rotatable bonds is 10. The average molecular weight is 530 g/mol. The summed E-state index contributed by atoms with van der Waals surface area (Å²) in [5.74, 6) is 0. The Bertz CT molecular complexity index is 746. The quantitative estimate of drug-likeness (QED) is 0.126. The molecule has 12 heteroatoms. The molecule has 2 heterocycles. The van der Waals surface area contributed by atoms with Gasteiger partial charge in [-0.3, -0.25) is 0 Å². The molecule has 0 aromatic carbocycles. The van der Waals surface area contributed by atoms with Gasteiger partial charge in [-0.15, -0.1) is 0 Å². The van der Waals surface area contributed by atoms with Crippen LogP contribution in [-0.4, -0.2) is 14.5 Å². The second-order valence-electron chi connectivity index (χ2n) is 8.34. The summed E-state index contributed by atoms with van der Waals surface area (Å²) in [4.78, 5) is 0. The van der Waals surface area contributed by atoms with Crippen molar-refractivity contribution in [3.05, 3.63) is 60.2 Å². The van der Waals surface area contributed by atoms with E-state index in [-0.39, 0.29) is 0 Å². The highest BCUT2D eigenvalue weighted by molar-refractivity contribution is 6.50. The lowest BCUT2D eigenvalue weighted by Gasteiger charge is -1.99. The fraction of sp³-hybridized carbons (Fsp3) is 0.583. The lowest BCUT2D eigenvalue weighted by Crippen LogP contribution is -2.32. The average Bonchev–Trinajstić information content (AvgIpc) is 2.74. The minimum absolute atomic E-state index is 1.15. The summed E-state index contributed by atoms with van der Waals surface area (Å²) in [5, 5.41) is 0. The maximum Gasteiger partial charge on any atom is 0.673 e. The fourth-order valence-corrected chi connectivity index (χ4v) is 2.89. The van der Waals surface area contributed by atoms with E-state index in [0.29, 0.717) is 0 Å². The van der Waals surface area contributed by atoms with Gasteiger partial charge in [0, 0.05) is 36.6 Å². The molecule has 0 atom stereocenters. The van der Waals surface area contributed by atoms with Gasteiger partial charge in [-0.05, 0) is 31.9 Å². The summed E-state index contributed by atoms with van der Waals surface area (Å²) in [7, 11) is -12.0. The van der Waals surface area contributed by atoms with Crippen LogP contribution in [0.3, 0.4) is 0 Å². The number of hydrogen-bond acceptors (Lipinski definition) is 0. The van der Waals surface area contributed by atoms with Gasteiger partial charge in [0.2, 0.25) is 0 Å². The predicted octanol–water partition coefficient (Wildman–Crippen LogP) is 8.33. The molecule has 0 aliphatic carbocycles. The monoisotopic (exact) mass is 530 g/mol. The number of aromatic nitrogens is 2. The van der Waals surface area contributed by atoms with Crippen molar-refractivity contribution in [3.63, 3.8) is 0 Å². The predicted molar refractivity (Wildman–Crippen MR) is 131 cm³/mol. The summed E-state index contributed by atoms with van der Waals surface area (Å²) in [5.41, 5.74) is 2.68. The molecule has 0 bridgehead atoms. The number of unbranched alkanes of at least 4 members (excludes halogenated alkanes) is 6. The molecular weight excluding hydrogens is 490 g/mol. The van der Waals surface area contributed by atoms with Gasteiger partial charge in [0.25, 0.3) is 0 Å². The molecule has 2 aromatic rings. The van der Waals surface area contributed by atoms with E-state index < -0.39 is 14.5 Å². The second kappa shape index (κ2) is 21.0. The van der Waals surface area contributed by atoms with E-state index in [1.165, 1.54) is 69.0 Å². The van der Waals surface area contributed by atoms with Gasteiger partial charge < -0.3 is 34.5 Å². The third-order valence-corrected chi connectivity index (χ3v) is 4.60. The van der Waals surface area contributed by atoms with Crippen LogP contribution >= 0.6 is 0 Å². The Balaban J connectivity index is 0. The summed E-state index contributed by atoms with van der Waals surface area (Å²) in [6.45, 7) is 11.1. The van der Waals surface area contributed by atoms with Crippen molar-refractivity contribution in [2.75, 3.05) is 0 Å². The minimum atomic E-state index is -6.00. The Morgan fingerprint density at radius 1 is 0.556 bits per heavy atom. The van der Waals surface area contributed by atoms with Crippen LogP contribution in [0.25, 0.3) is 0 Å². The summed E-state index contributed by atoms with van der Waals surface area (Å²) >= 11 is 0. The molecular formula is C24H40B2F8N2. The van der Waals surface area contributed by atoms with Crippen LogP contribution in [0.2, 0.25) is 0 Å². The molecule has 0 aliphatic rings. The van der Waals surface area contributed by atoms with Crippen LogP contribution in [0.1, 0.15) is 76.3 Å². The molecule has 0 radical (unpaired) electrons. The molecule has 0 amide bonds. The van der Waals surface area contributed by atoms with Crippen molar-refractivity contribution in [3.8, 4) is 0 Å². The first kappa shape index (κ1) is 36.0. The lowest BCUT2D eigenvalue weighted by molar-refractivity contribution is -0.697. The highest BCUT2D eigenvalue weighted by Gasteiger charge is 2.21. The molecule has 0 N–H and O–H groups in total. The van der Waals surface area contributed by atoms with E-state index in [9.17, 15) is 34.5 Å². The molecule has 36 heavy (non-hydrogen) atoms. The van der Waals surface area contributed by atoms with Crippen LogP contribution < -0.4 is 9.13 Å². The third-order valence-electron chi connectivity index (χ3n) is 4.60. The van der Waals surface area contributed by atoms with E-state index in [4.69, 9.17) is 0 Å². The van der Waals surface area contributed by atoms with Crippen LogP contribution in [0.5, 0.6) is 0 Å². The van der Waals surface area contributed by atoms with Crippen molar-refractivity contribution in [2.24, 2.45) is 0 Å². The molecule has 0 saturated carbocycles. The first-order chi connectivity index (χ1) is 16.7. The third kappa shape index (κ3) is 34.0. The van der Waals surface area contributed by atoms with Crippen molar-refractivity contribution in [1.82, 2.24) is 0 Å². The van der Waals surface area contributed by atoms with Crippen LogP contribution in [-0.2, 0) is 13.1 Å². The minimum Gasteiger partial charge on any atom is -0.418 e. The molecule has 0 spiro atoms. The highest BCUT2D eigenvalue weighted by atomic mass is 19.5. The number of pyridine rings is 2. The van der Waals surface area contributed by atoms with Gasteiger partial charge in [0.15, 0.2) is 24.8 Å². The Morgan fingerprint density at radius 3 is 1.47 bits per heavy atom. The smallest absolute Gasteiger partial charge is 0.418 e. The summed E-state index contributed by atoms with van der Waals surface area (Å²) < 4.78 is 82.5. The SMILES string of the molecule is CCCCCCCC[n+]1cccc(C)c1.CCCC[n+]1ccc(C)cc1.F[B-](F)(F)F.F[B-](F)(F)F. The Kier molecular flexibility index (Phi) is 21.0. The second-order valence-corrected chi connectivity index (χ2v) is 8.34. The molecule has 2 nitrogen and oxygen atoms in total. The number of nitrogens with zero attached hydrogens (tertiary/aromatic N) is 2. The zero-order valence-electron chi connectivity index (χ0n) is 21.8. The number of hydrogen-bond donors (Lipinski definition) is 0. The standard InChI is InChI=1S/C14H24N.C10H16N.2BF4/c1-3-4-5-6-7-8-11-15-12-9-10-14(2)13-15;1-3-4-7-11-8-5-10(2)6-9-11;2*2-1(3,4)5/h9-10,12-13H,3-8,11H2,1-2H3;5-6,8-9H,3-4,7H2,1-2H3;;/q2*+1;2*-1. The van der Waals surface area contributed by atoms with Gasteiger partial charge in [0.05, 0.1) is 0 Å². The van der Waals surface area contributed by atoms with E-state index in [2.05, 4.69) is 85.9 Å². The molecule has 0 unspecified atom stereocenters. The maximum atomic E-state index is 9.75. The lowest BCUT2D eigenvalue weighted by atomic mass is 10.1. The Morgan fingerprint density at radius 2 is 1.00 bits per heavy atom. The van der Waals surface area contributed by atoms with Gasteiger partial charge in [-0.1, -0.05) is 46.0 Å². The fourth-order valence-electron chi connectivity index (χ4n) is 2.89. The summed E-state index contributed by atoms with van der Waals surface area (Å²) in [6, 6.07) is 8.58. The van der Waals surface area contributed by atoms with E-state index >= 15 is 0 Å². The van der Waals surface area contributed by atoms with Gasteiger partial charge in [-0.25, -0.2) is 9.13 Å². The largest absolute Gasteiger partial charge is 0.673 e. The molecule has 0 fully saturated rings. The van der Waals surface area contributed by atoms with Crippen molar-refractivity contribution >= 4 is 14.5 Å². The van der Waals surface area contributed by atoms with Crippen molar-refractivity contribution in [2.45, 2.75) is 92.2 Å². The Labute approximate surface area is 211 Å². The molecule has 0 aliphatic heterocycles.